The molecule has 1 heterocycles. The smallest absolute Gasteiger partial charge is 0.126 e. The topological polar surface area (TPSA) is 30.5 Å². The number of ether oxygens (including phenoxy) is 2. The maximum atomic E-state index is 5.97. The Bertz CT molecular complexity index is 490. The van der Waals surface area contributed by atoms with Gasteiger partial charge >= 0.3 is 0 Å². The number of likely N-dealkylation sites (N-methyl/N-ethyl adjacent to an activating group) is 1. The van der Waals surface area contributed by atoms with E-state index >= 15 is 0 Å². The van der Waals surface area contributed by atoms with Crippen molar-refractivity contribution in [3.63, 3.8) is 0 Å². The number of aryl methyl sites for hydroxylation is 1. The minimum Gasteiger partial charge on any atom is -0.496 e. The summed E-state index contributed by atoms with van der Waals surface area (Å²) in [7, 11) is 3.74. The van der Waals surface area contributed by atoms with Gasteiger partial charge in [0.1, 0.15) is 5.75 Å². The number of hydrogen-bond donors (Lipinski definition) is 1. The first kappa shape index (κ1) is 15.8. The zero-order chi connectivity index (χ0) is 14.9. The highest BCUT2D eigenvalue weighted by atomic mass is 79.9. The van der Waals surface area contributed by atoms with E-state index in [-0.39, 0.29) is 12.1 Å². The van der Waals surface area contributed by atoms with Crippen molar-refractivity contribution >= 4 is 15.9 Å². The van der Waals surface area contributed by atoms with E-state index in [0.29, 0.717) is 5.92 Å². The van der Waals surface area contributed by atoms with Crippen LogP contribution in [0.15, 0.2) is 10.5 Å². The Balaban J connectivity index is 2.53. The predicted octanol–water partition coefficient (Wildman–Crippen LogP) is 3.76. The highest BCUT2D eigenvalue weighted by Crippen LogP contribution is 2.41. The van der Waals surface area contributed by atoms with E-state index in [4.69, 9.17) is 9.47 Å². The summed E-state index contributed by atoms with van der Waals surface area (Å²) >= 11 is 3.66. The third-order valence-corrected chi connectivity index (χ3v) is 5.13. The highest BCUT2D eigenvalue weighted by Gasteiger charge is 2.35. The fourth-order valence-corrected chi connectivity index (χ4v) is 3.69. The van der Waals surface area contributed by atoms with Gasteiger partial charge in [0.05, 0.1) is 19.3 Å². The van der Waals surface area contributed by atoms with E-state index < -0.39 is 0 Å². The van der Waals surface area contributed by atoms with Crippen LogP contribution in [0, 0.1) is 19.8 Å². The maximum absolute atomic E-state index is 5.97. The molecule has 2 rings (SSSR count). The summed E-state index contributed by atoms with van der Waals surface area (Å²) in [4.78, 5) is 0. The minimum atomic E-state index is 0.152. The molecule has 0 aromatic heterocycles. The lowest BCUT2D eigenvalue weighted by atomic mass is 9.88. The molecule has 1 aliphatic rings. The first-order chi connectivity index (χ1) is 9.51. The largest absolute Gasteiger partial charge is 0.496 e. The van der Waals surface area contributed by atoms with Crippen LogP contribution >= 0.6 is 15.9 Å². The van der Waals surface area contributed by atoms with E-state index in [0.717, 1.165) is 28.8 Å². The Morgan fingerprint density at radius 2 is 2.15 bits per heavy atom. The van der Waals surface area contributed by atoms with E-state index in [1.807, 2.05) is 7.05 Å². The van der Waals surface area contributed by atoms with Crippen LogP contribution < -0.4 is 10.1 Å². The van der Waals surface area contributed by atoms with Crippen molar-refractivity contribution in [1.82, 2.24) is 5.32 Å². The summed E-state index contributed by atoms with van der Waals surface area (Å²) in [5, 5.41) is 3.43. The van der Waals surface area contributed by atoms with Crippen LogP contribution in [0.1, 0.15) is 36.1 Å². The third-order valence-electron chi connectivity index (χ3n) is 4.31. The van der Waals surface area contributed by atoms with Gasteiger partial charge in [-0.15, -0.1) is 0 Å². The summed E-state index contributed by atoms with van der Waals surface area (Å²) in [5.74, 6) is 1.52. The second-order valence-electron chi connectivity index (χ2n) is 5.61. The second kappa shape index (κ2) is 6.46. The van der Waals surface area contributed by atoms with Crippen molar-refractivity contribution in [2.75, 3.05) is 20.8 Å². The summed E-state index contributed by atoms with van der Waals surface area (Å²) in [6, 6.07) is 2.27. The van der Waals surface area contributed by atoms with Crippen LogP contribution in [0.4, 0.5) is 0 Å². The van der Waals surface area contributed by atoms with Crippen molar-refractivity contribution in [1.29, 1.82) is 0 Å². The number of methoxy groups -OCH3 is 1. The van der Waals surface area contributed by atoms with Crippen molar-refractivity contribution in [2.45, 2.75) is 39.3 Å². The number of halogens is 1. The molecule has 3 unspecified atom stereocenters. The van der Waals surface area contributed by atoms with Gasteiger partial charge in [-0.2, -0.15) is 0 Å². The summed E-state index contributed by atoms with van der Waals surface area (Å²) in [6.07, 6.45) is 1.32. The number of hydrogen-bond acceptors (Lipinski definition) is 3. The van der Waals surface area contributed by atoms with Crippen LogP contribution in [0.25, 0.3) is 0 Å². The van der Waals surface area contributed by atoms with Crippen LogP contribution in [0.5, 0.6) is 5.75 Å². The normalized spacial score (nSPS) is 23.9. The Morgan fingerprint density at radius 1 is 1.45 bits per heavy atom. The van der Waals surface area contributed by atoms with Crippen molar-refractivity contribution in [3.05, 3.63) is 27.2 Å². The Kier molecular flexibility index (Phi) is 5.10. The van der Waals surface area contributed by atoms with Gasteiger partial charge < -0.3 is 14.8 Å². The lowest BCUT2D eigenvalue weighted by molar-refractivity contribution is 0.0621. The number of benzene rings is 1. The van der Waals surface area contributed by atoms with Gasteiger partial charge in [0.25, 0.3) is 0 Å². The molecule has 0 spiro atoms. The molecule has 20 heavy (non-hydrogen) atoms. The molecular formula is C16H24BrNO2. The van der Waals surface area contributed by atoms with Gasteiger partial charge in [0, 0.05) is 16.6 Å². The summed E-state index contributed by atoms with van der Waals surface area (Å²) < 4.78 is 12.8. The maximum Gasteiger partial charge on any atom is 0.126 e. The lowest BCUT2D eigenvalue weighted by Gasteiger charge is -2.30. The fourth-order valence-electron chi connectivity index (χ4n) is 3.14. The Morgan fingerprint density at radius 3 is 2.65 bits per heavy atom. The molecule has 0 aliphatic carbocycles. The molecule has 1 saturated heterocycles. The van der Waals surface area contributed by atoms with Crippen LogP contribution in [-0.4, -0.2) is 26.9 Å². The van der Waals surface area contributed by atoms with Crippen molar-refractivity contribution in [3.8, 4) is 5.75 Å². The molecule has 3 atom stereocenters. The summed E-state index contributed by atoms with van der Waals surface area (Å²) in [5.41, 5.74) is 3.57. The molecule has 1 aromatic rings. The molecule has 1 aromatic carbocycles. The molecule has 0 saturated carbocycles. The first-order valence-electron chi connectivity index (χ1n) is 7.13. The monoisotopic (exact) mass is 341 g/mol. The van der Waals surface area contributed by atoms with E-state index in [2.05, 4.69) is 48.1 Å². The third kappa shape index (κ3) is 2.74. The Hall–Kier alpha value is -0.580. The van der Waals surface area contributed by atoms with Crippen molar-refractivity contribution in [2.24, 2.45) is 5.92 Å². The van der Waals surface area contributed by atoms with E-state index in [9.17, 15) is 0 Å². The average molecular weight is 342 g/mol. The second-order valence-corrected chi connectivity index (χ2v) is 6.47. The quantitative estimate of drug-likeness (QED) is 0.904. The zero-order valence-electron chi connectivity index (χ0n) is 12.9. The van der Waals surface area contributed by atoms with Crippen molar-refractivity contribution < 1.29 is 9.47 Å². The number of rotatable bonds is 4. The van der Waals surface area contributed by atoms with E-state index in [1.165, 1.54) is 11.1 Å². The van der Waals surface area contributed by atoms with Gasteiger partial charge in [0.15, 0.2) is 0 Å². The van der Waals surface area contributed by atoms with Gasteiger partial charge in [-0.25, -0.2) is 0 Å². The van der Waals surface area contributed by atoms with E-state index in [1.54, 1.807) is 7.11 Å². The minimum absolute atomic E-state index is 0.152. The lowest BCUT2D eigenvalue weighted by Crippen LogP contribution is -2.33. The molecule has 3 nitrogen and oxygen atoms in total. The molecule has 1 fully saturated rings. The van der Waals surface area contributed by atoms with Crippen LogP contribution in [-0.2, 0) is 4.74 Å². The van der Waals surface area contributed by atoms with Gasteiger partial charge in [-0.3, -0.25) is 0 Å². The zero-order valence-corrected chi connectivity index (χ0v) is 14.5. The highest BCUT2D eigenvalue weighted by molar-refractivity contribution is 9.10. The molecular weight excluding hydrogens is 318 g/mol. The van der Waals surface area contributed by atoms with Crippen LogP contribution in [0.2, 0.25) is 0 Å². The van der Waals surface area contributed by atoms with Gasteiger partial charge in [0.2, 0.25) is 0 Å². The average Bonchev–Trinajstić information content (AvgIpc) is 2.83. The Labute approximate surface area is 130 Å². The fraction of sp³-hybridized carbons (Fsp3) is 0.625. The SMILES string of the molecule is CNC(c1c(C)c(Br)cc(C)c1OC)C1OCCC1C. The molecule has 0 radical (unpaired) electrons. The van der Waals surface area contributed by atoms with Crippen LogP contribution in [0.3, 0.4) is 0 Å². The predicted molar refractivity (Wildman–Crippen MR) is 85.5 cm³/mol. The van der Waals surface area contributed by atoms with Gasteiger partial charge in [-0.05, 0) is 50.4 Å². The standard InChI is InChI=1S/C16H24BrNO2/c1-9-6-7-20-16(9)14(18-4)13-11(3)12(17)8-10(2)15(13)19-5/h8-9,14,16,18H,6-7H2,1-5H3. The summed E-state index contributed by atoms with van der Waals surface area (Å²) in [6.45, 7) is 7.32. The molecule has 4 heteroatoms. The molecule has 1 aliphatic heterocycles. The molecule has 0 bridgehead atoms. The molecule has 0 amide bonds. The number of nitrogens with one attached hydrogen (secondary N) is 1. The molecule has 112 valence electrons. The molecule has 1 N–H and O–H groups in total. The first-order valence-corrected chi connectivity index (χ1v) is 7.93. The van der Waals surface area contributed by atoms with Gasteiger partial charge in [-0.1, -0.05) is 22.9 Å².